The molecule has 3 N–H and O–H groups in total. The van der Waals surface area contributed by atoms with Gasteiger partial charge < -0.3 is 15.5 Å². The van der Waals surface area contributed by atoms with Crippen LogP contribution >= 0.6 is 0 Å². The van der Waals surface area contributed by atoms with Crippen LogP contribution in [0, 0.1) is 0 Å². The fourth-order valence-electron chi connectivity index (χ4n) is 3.47. The lowest BCUT2D eigenvalue weighted by Gasteiger charge is -2.12. The van der Waals surface area contributed by atoms with Gasteiger partial charge in [0.25, 0.3) is 0 Å². The van der Waals surface area contributed by atoms with E-state index in [1.807, 2.05) is 24.3 Å². The SMILES string of the molecule is CC(=O)Nc1ccc(CC(=O)NCc2ccc(C[NH+]3CCCC3)cc2)cc1. The maximum absolute atomic E-state index is 12.2. The zero-order chi connectivity index (χ0) is 19.1. The first-order valence-electron chi connectivity index (χ1n) is 9.63. The molecule has 0 bridgehead atoms. The number of carbonyl (C=O) groups is 2. The molecule has 0 aromatic heterocycles. The fraction of sp³-hybridized carbons (Fsp3) is 0.364. The molecule has 0 atom stereocenters. The van der Waals surface area contributed by atoms with E-state index >= 15 is 0 Å². The minimum absolute atomic E-state index is 0.00661. The molecule has 3 rings (SSSR count). The van der Waals surface area contributed by atoms with Crippen LogP contribution in [-0.4, -0.2) is 24.9 Å². The van der Waals surface area contributed by atoms with Crippen LogP contribution in [0.1, 0.15) is 36.5 Å². The van der Waals surface area contributed by atoms with Crippen molar-refractivity contribution in [2.75, 3.05) is 18.4 Å². The van der Waals surface area contributed by atoms with Gasteiger partial charge in [-0.15, -0.1) is 0 Å². The van der Waals surface area contributed by atoms with Crippen LogP contribution in [0.2, 0.25) is 0 Å². The van der Waals surface area contributed by atoms with E-state index in [1.54, 1.807) is 4.90 Å². The number of likely N-dealkylation sites (tertiary alicyclic amines) is 1. The summed E-state index contributed by atoms with van der Waals surface area (Å²) in [6.45, 7) is 5.68. The highest BCUT2D eigenvalue weighted by atomic mass is 16.2. The summed E-state index contributed by atoms with van der Waals surface area (Å²) in [5, 5.41) is 5.69. The number of hydrogen-bond acceptors (Lipinski definition) is 2. The highest BCUT2D eigenvalue weighted by Crippen LogP contribution is 2.10. The number of nitrogens with one attached hydrogen (secondary N) is 3. The highest BCUT2D eigenvalue weighted by Gasteiger charge is 2.15. The normalized spacial score (nSPS) is 14.1. The molecule has 0 radical (unpaired) electrons. The van der Waals surface area contributed by atoms with E-state index < -0.39 is 0 Å². The van der Waals surface area contributed by atoms with E-state index in [4.69, 9.17) is 0 Å². The first-order chi connectivity index (χ1) is 13.1. The minimum Gasteiger partial charge on any atom is -0.352 e. The average molecular weight is 366 g/mol. The molecule has 2 aromatic carbocycles. The Morgan fingerprint density at radius 1 is 0.889 bits per heavy atom. The topological polar surface area (TPSA) is 62.6 Å². The van der Waals surface area contributed by atoms with Gasteiger partial charge in [0.1, 0.15) is 6.54 Å². The summed E-state index contributed by atoms with van der Waals surface area (Å²) >= 11 is 0. The third kappa shape index (κ3) is 6.22. The second-order valence-corrected chi connectivity index (χ2v) is 7.28. The van der Waals surface area contributed by atoms with Crippen LogP contribution in [0.15, 0.2) is 48.5 Å². The van der Waals surface area contributed by atoms with E-state index in [1.165, 1.54) is 38.4 Å². The summed E-state index contributed by atoms with van der Waals surface area (Å²) in [7, 11) is 0. The minimum atomic E-state index is -0.103. The van der Waals surface area contributed by atoms with Crippen molar-refractivity contribution in [3.63, 3.8) is 0 Å². The zero-order valence-corrected chi connectivity index (χ0v) is 15.9. The molecule has 2 aromatic rings. The van der Waals surface area contributed by atoms with Crippen molar-refractivity contribution in [2.45, 2.75) is 39.3 Å². The van der Waals surface area contributed by atoms with E-state index in [0.717, 1.165) is 23.4 Å². The lowest BCUT2D eigenvalue weighted by Crippen LogP contribution is -3.08. The van der Waals surface area contributed by atoms with Gasteiger partial charge in [-0.1, -0.05) is 36.4 Å². The summed E-state index contributed by atoms with van der Waals surface area (Å²) in [4.78, 5) is 24.9. The Labute approximate surface area is 160 Å². The van der Waals surface area contributed by atoms with Crippen molar-refractivity contribution in [2.24, 2.45) is 0 Å². The summed E-state index contributed by atoms with van der Waals surface area (Å²) in [6, 6.07) is 15.9. The molecule has 1 aliphatic rings. The van der Waals surface area contributed by atoms with Crippen LogP contribution in [0.25, 0.3) is 0 Å². The molecule has 2 amide bonds. The second kappa shape index (κ2) is 9.33. The van der Waals surface area contributed by atoms with Crippen LogP contribution in [-0.2, 0) is 29.1 Å². The second-order valence-electron chi connectivity index (χ2n) is 7.28. The van der Waals surface area contributed by atoms with Crippen molar-refractivity contribution in [1.29, 1.82) is 0 Å². The number of benzene rings is 2. The first-order valence-corrected chi connectivity index (χ1v) is 9.63. The fourth-order valence-corrected chi connectivity index (χ4v) is 3.47. The number of amides is 2. The molecular weight excluding hydrogens is 338 g/mol. The molecule has 5 nitrogen and oxygen atoms in total. The number of hydrogen-bond donors (Lipinski definition) is 3. The van der Waals surface area contributed by atoms with Gasteiger partial charge in [-0.3, -0.25) is 9.59 Å². The van der Waals surface area contributed by atoms with E-state index in [2.05, 4.69) is 34.9 Å². The van der Waals surface area contributed by atoms with Crippen molar-refractivity contribution in [3.8, 4) is 0 Å². The molecule has 5 heteroatoms. The van der Waals surface area contributed by atoms with Crippen LogP contribution < -0.4 is 15.5 Å². The van der Waals surface area contributed by atoms with Gasteiger partial charge in [0.15, 0.2) is 0 Å². The van der Waals surface area contributed by atoms with E-state index in [0.29, 0.717) is 13.0 Å². The predicted octanol–water partition coefficient (Wildman–Crippen LogP) is 1.68. The van der Waals surface area contributed by atoms with Gasteiger partial charge in [-0.2, -0.15) is 0 Å². The molecule has 0 aliphatic carbocycles. The third-order valence-corrected chi connectivity index (χ3v) is 4.92. The van der Waals surface area contributed by atoms with Crippen molar-refractivity contribution < 1.29 is 14.5 Å². The quantitative estimate of drug-likeness (QED) is 0.698. The van der Waals surface area contributed by atoms with Crippen LogP contribution in [0.5, 0.6) is 0 Å². The maximum atomic E-state index is 12.2. The average Bonchev–Trinajstić information content (AvgIpc) is 3.15. The number of anilines is 1. The van der Waals surface area contributed by atoms with Gasteiger partial charge >= 0.3 is 0 Å². The Morgan fingerprint density at radius 3 is 2.11 bits per heavy atom. The Hall–Kier alpha value is -2.66. The predicted molar refractivity (Wildman–Crippen MR) is 106 cm³/mol. The molecule has 142 valence electrons. The maximum Gasteiger partial charge on any atom is 0.224 e. The van der Waals surface area contributed by atoms with E-state index in [9.17, 15) is 9.59 Å². The molecule has 1 aliphatic heterocycles. The van der Waals surface area contributed by atoms with E-state index in [-0.39, 0.29) is 11.8 Å². The summed E-state index contributed by atoms with van der Waals surface area (Å²) in [6.07, 6.45) is 3.02. The zero-order valence-electron chi connectivity index (χ0n) is 15.9. The molecule has 27 heavy (non-hydrogen) atoms. The number of carbonyl (C=O) groups excluding carboxylic acids is 2. The van der Waals surface area contributed by atoms with Gasteiger partial charge in [0.05, 0.1) is 19.5 Å². The van der Waals surface area contributed by atoms with Crippen LogP contribution in [0.4, 0.5) is 5.69 Å². The summed E-state index contributed by atoms with van der Waals surface area (Å²) < 4.78 is 0. The molecule has 0 saturated carbocycles. The highest BCUT2D eigenvalue weighted by molar-refractivity contribution is 5.88. The standard InChI is InChI=1S/C22H27N3O2/c1-17(26)24-21-10-8-18(9-11-21)14-22(27)23-15-19-4-6-20(7-5-19)16-25-12-2-3-13-25/h4-11H,2-3,12-16H2,1H3,(H,23,27)(H,24,26)/p+1. The van der Waals surface area contributed by atoms with Crippen molar-refractivity contribution in [3.05, 3.63) is 65.2 Å². The van der Waals surface area contributed by atoms with Gasteiger partial charge in [-0.25, -0.2) is 0 Å². The number of quaternary nitrogens is 1. The molecule has 0 spiro atoms. The third-order valence-electron chi connectivity index (χ3n) is 4.92. The summed E-state index contributed by atoms with van der Waals surface area (Å²) in [5.41, 5.74) is 4.14. The van der Waals surface area contributed by atoms with Crippen LogP contribution in [0.3, 0.4) is 0 Å². The lowest BCUT2D eigenvalue weighted by molar-refractivity contribution is -0.901. The molecule has 0 unspecified atom stereocenters. The van der Waals surface area contributed by atoms with Gasteiger partial charge in [0.2, 0.25) is 11.8 Å². The lowest BCUT2D eigenvalue weighted by atomic mass is 10.1. The van der Waals surface area contributed by atoms with Gasteiger partial charge in [-0.05, 0) is 23.3 Å². The molecule has 1 saturated heterocycles. The first kappa shape index (κ1) is 19.1. The Bertz CT molecular complexity index is 763. The monoisotopic (exact) mass is 366 g/mol. The van der Waals surface area contributed by atoms with Crippen molar-refractivity contribution in [1.82, 2.24) is 5.32 Å². The summed E-state index contributed by atoms with van der Waals surface area (Å²) in [5.74, 6) is -0.110. The Morgan fingerprint density at radius 2 is 1.48 bits per heavy atom. The largest absolute Gasteiger partial charge is 0.352 e. The van der Waals surface area contributed by atoms with Crippen molar-refractivity contribution >= 4 is 17.5 Å². The molecule has 1 heterocycles. The number of rotatable bonds is 7. The smallest absolute Gasteiger partial charge is 0.224 e. The Balaban J connectivity index is 1.43. The Kier molecular flexibility index (Phi) is 6.60. The molecule has 1 fully saturated rings. The van der Waals surface area contributed by atoms with Gasteiger partial charge in [0, 0.05) is 37.6 Å². The molecular formula is C22H28N3O2+.